The van der Waals surface area contributed by atoms with Crippen molar-refractivity contribution in [1.29, 1.82) is 0 Å². The van der Waals surface area contributed by atoms with Crippen LogP contribution >= 0.6 is 11.8 Å². The van der Waals surface area contributed by atoms with Crippen LogP contribution in [0.15, 0.2) is 34.2 Å². The second-order valence-electron chi connectivity index (χ2n) is 4.92. The molecule has 1 aromatic heterocycles. The van der Waals surface area contributed by atoms with Gasteiger partial charge in [0.1, 0.15) is 11.6 Å². The van der Waals surface area contributed by atoms with Crippen LogP contribution in [-0.4, -0.2) is 21.6 Å². The van der Waals surface area contributed by atoms with Crippen molar-refractivity contribution in [3.8, 4) is 0 Å². The molecule has 1 aromatic carbocycles. The van der Waals surface area contributed by atoms with Crippen molar-refractivity contribution < 1.29 is 9.18 Å². The summed E-state index contributed by atoms with van der Waals surface area (Å²) in [4.78, 5) is 31.3. The number of carbonyl (C=O) groups is 1. The van der Waals surface area contributed by atoms with Crippen LogP contribution in [0, 0.1) is 5.82 Å². The van der Waals surface area contributed by atoms with Crippen molar-refractivity contribution in [3.63, 3.8) is 0 Å². The van der Waals surface area contributed by atoms with Crippen molar-refractivity contribution in [3.05, 3.63) is 51.6 Å². The summed E-state index contributed by atoms with van der Waals surface area (Å²) in [7, 11) is 0. The van der Waals surface area contributed by atoms with Gasteiger partial charge in [-0.1, -0.05) is 30.8 Å². The topological polar surface area (TPSA) is 74.8 Å². The molecule has 3 rings (SSSR count). The number of aromatic nitrogens is 2. The van der Waals surface area contributed by atoms with E-state index in [1.807, 2.05) is 6.92 Å². The highest BCUT2D eigenvalue weighted by molar-refractivity contribution is 7.99. The van der Waals surface area contributed by atoms with Gasteiger partial charge in [-0.2, -0.15) is 0 Å². The molecule has 0 fully saturated rings. The Morgan fingerprint density at radius 2 is 2.05 bits per heavy atom. The van der Waals surface area contributed by atoms with E-state index in [1.165, 1.54) is 23.9 Å². The van der Waals surface area contributed by atoms with Crippen LogP contribution in [0.4, 0.5) is 10.2 Å². The highest BCUT2D eigenvalue weighted by Crippen LogP contribution is 2.34. The molecule has 0 bridgehead atoms. The van der Waals surface area contributed by atoms with Gasteiger partial charge in [0.2, 0.25) is 5.91 Å². The number of rotatable bonds is 3. The lowest BCUT2D eigenvalue weighted by molar-refractivity contribution is -0.116. The number of thioether (sulfide) groups is 1. The molecule has 5 nitrogen and oxygen atoms in total. The van der Waals surface area contributed by atoms with Crippen LogP contribution in [0.3, 0.4) is 0 Å². The number of aromatic amines is 1. The van der Waals surface area contributed by atoms with E-state index in [-0.39, 0.29) is 23.7 Å². The predicted octanol–water partition coefficient (Wildman–Crippen LogP) is 2.50. The van der Waals surface area contributed by atoms with Gasteiger partial charge in [-0.15, -0.1) is 0 Å². The first kappa shape index (κ1) is 14.8. The van der Waals surface area contributed by atoms with Gasteiger partial charge in [-0.05, 0) is 23.4 Å². The Hall–Kier alpha value is -2.15. The van der Waals surface area contributed by atoms with Crippen molar-refractivity contribution >= 4 is 23.5 Å². The summed E-state index contributed by atoms with van der Waals surface area (Å²) in [5, 5.41) is 3.13. The molecule has 7 heteroatoms. The van der Waals surface area contributed by atoms with Crippen LogP contribution in [0.25, 0.3) is 0 Å². The van der Waals surface area contributed by atoms with E-state index < -0.39 is 5.92 Å². The van der Waals surface area contributed by atoms with Gasteiger partial charge in [-0.25, -0.2) is 9.37 Å². The Labute approximate surface area is 130 Å². The Balaban J connectivity index is 2.11. The molecule has 2 heterocycles. The summed E-state index contributed by atoms with van der Waals surface area (Å²) < 4.78 is 13.1. The second kappa shape index (κ2) is 5.92. The van der Waals surface area contributed by atoms with E-state index in [0.29, 0.717) is 16.5 Å². The molecule has 22 heavy (non-hydrogen) atoms. The number of nitrogens with one attached hydrogen (secondary N) is 2. The Morgan fingerprint density at radius 1 is 1.32 bits per heavy atom. The molecule has 0 saturated carbocycles. The molecule has 1 aliphatic rings. The van der Waals surface area contributed by atoms with Gasteiger partial charge in [0.05, 0.1) is 5.56 Å². The Bertz CT molecular complexity index is 773. The molecule has 1 unspecified atom stereocenters. The van der Waals surface area contributed by atoms with Crippen LogP contribution in [0.5, 0.6) is 0 Å². The minimum atomic E-state index is -0.415. The molecule has 0 radical (unpaired) electrons. The fourth-order valence-corrected chi connectivity index (χ4v) is 3.13. The zero-order valence-electron chi connectivity index (χ0n) is 11.9. The van der Waals surface area contributed by atoms with Gasteiger partial charge in [-0.3, -0.25) is 9.59 Å². The molecule has 0 spiro atoms. The van der Waals surface area contributed by atoms with Crippen LogP contribution in [-0.2, 0) is 4.79 Å². The number of hydrogen-bond donors (Lipinski definition) is 2. The monoisotopic (exact) mass is 319 g/mol. The standard InChI is InChI=1S/C15H14FN3O2S/c1-2-22-15-18-13-12(14(21)19-15)10(7-11(20)17-13)8-3-5-9(16)6-4-8/h3-6,10H,2,7H2,1H3,(H2,17,18,19,20,21). The minimum absolute atomic E-state index is 0.143. The number of halogens is 1. The smallest absolute Gasteiger partial charge is 0.257 e. The fraction of sp³-hybridized carbons (Fsp3) is 0.267. The maximum absolute atomic E-state index is 13.1. The van der Waals surface area contributed by atoms with Gasteiger partial charge in [0, 0.05) is 12.3 Å². The molecule has 114 valence electrons. The summed E-state index contributed by atoms with van der Waals surface area (Å²) in [6, 6.07) is 5.84. The predicted molar refractivity (Wildman–Crippen MR) is 82.7 cm³/mol. The Morgan fingerprint density at radius 3 is 2.73 bits per heavy atom. The third kappa shape index (κ3) is 2.76. The highest BCUT2D eigenvalue weighted by atomic mass is 32.2. The van der Waals surface area contributed by atoms with Gasteiger partial charge < -0.3 is 10.3 Å². The summed E-state index contributed by atoms with van der Waals surface area (Å²) >= 11 is 1.39. The summed E-state index contributed by atoms with van der Waals surface area (Å²) in [5.41, 5.74) is 0.877. The molecular weight excluding hydrogens is 305 g/mol. The lowest BCUT2D eigenvalue weighted by Crippen LogP contribution is -2.31. The molecule has 2 aromatic rings. The third-order valence-corrected chi connectivity index (χ3v) is 4.24. The van der Waals surface area contributed by atoms with E-state index in [2.05, 4.69) is 15.3 Å². The molecule has 1 amide bonds. The van der Waals surface area contributed by atoms with E-state index >= 15 is 0 Å². The number of amides is 1. The fourth-order valence-electron chi connectivity index (χ4n) is 2.54. The maximum atomic E-state index is 13.1. The summed E-state index contributed by atoms with van der Waals surface area (Å²) in [6.07, 6.45) is 0.143. The van der Waals surface area contributed by atoms with Crippen LogP contribution in [0.1, 0.15) is 30.4 Å². The number of benzene rings is 1. The average molecular weight is 319 g/mol. The van der Waals surface area contributed by atoms with Gasteiger partial charge >= 0.3 is 0 Å². The number of carbonyl (C=O) groups excluding carboxylic acids is 1. The van der Waals surface area contributed by atoms with Gasteiger partial charge in [0.25, 0.3) is 5.56 Å². The number of fused-ring (bicyclic) bond motifs is 1. The van der Waals surface area contributed by atoms with E-state index in [1.54, 1.807) is 12.1 Å². The molecule has 0 saturated heterocycles. The SMILES string of the molecule is CCSc1nc2c(c(=O)[nH]1)C(c1ccc(F)cc1)CC(=O)N2. The summed E-state index contributed by atoms with van der Waals surface area (Å²) in [6.45, 7) is 1.95. The molecule has 2 N–H and O–H groups in total. The Kier molecular flexibility index (Phi) is 3.98. The lowest BCUT2D eigenvalue weighted by Gasteiger charge is -2.24. The normalized spacial score (nSPS) is 17.0. The number of H-pyrrole nitrogens is 1. The average Bonchev–Trinajstić information content (AvgIpc) is 2.47. The van der Waals surface area contributed by atoms with E-state index in [4.69, 9.17) is 0 Å². The first-order valence-electron chi connectivity index (χ1n) is 6.90. The lowest BCUT2D eigenvalue weighted by atomic mass is 9.87. The van der Waals surface area contributed by atoms with Gasteiger partial charge in [0.15, 0.2) is 5.16 Å². The number of hydrogen-bond acceptors (Lipinski definition) is 4. The summed E-state index contributed by atoms with van der Waals surface area (Å²) in [5.74, 6) is 0.0849. The maximum Gasteiger partial charge on any atom is 0.257 e. The zero-order valence-corrected chi connectivity index (χ0v) is 12.7. The zero-order chi connectivity index (χ0) is 15.7. The minimum Gasteiger partial charge on any atom is -0.310 e. The first-order chi connectivity index (χ1) is 10.6. The second-order valence-corrected chi connectivity index (χ2v) is 6.18. The van der Waals surface area contributed by atoms with Crippen molar-refractivity contribution in [1.82, 2.24) is 9.97 Å². The van der Waals surface area contributed by atoms with E-state index in [0.717, 1.165) is 11.3 Å². The van der Waals surface area contributed by atoms with Crippen molar-refractivity contribution in [2.45, 2.75) is 24.4 Å². The molecule has 1 atom stereocenters. The van der Waals surface area contributed by atoms with Crippen molar-refractivity contribution in [2.24, 2.45) is 0 Å². The molecular formula is C15H14FN3O2S. The number of nitrogens with zero attached hydrogens (tertiary/aromatic N) is 1. The highest BCUT2D eigenvalue weighted by Gasteiger charge is 2.30. The number of anilines is 1. The van der Waals surface area contributed by atoms with E-state index in [9.17, 15) is 14.0 Å². The van der Waals surface area contributed by atoms with Crippen LogP contribution < -0.4 is 10.9 Å². The third-order valence-electron chi connectivity index (χ3n) is 3.48. The quantitative estimate of drug-likeness (QED) is 0.673. The molecule has 0 aliphatic carbocycles. The van der Waals surface area contributed by atoms with Crippen molar-refractivity contribution in [2.75, 3.05) is 11.1 Å². The first-order valence-corrected chi connectivity index (χ1v) is 7.89. The largest absolute Gasteiger partial charge is 0.310 e. The molecule has 1 aliphatic heterocycles. The van der Waals surface area contributed by atoms with Crippen LogP contribution in [0.2, 0.25) is 0 Å².